The molecule has 0 nitrogen and oxygen atoms in total. The molecule has 14 heavy (non-hydrogen) atoms. The van der Waals surface area contributed by atoms with Crippen molar-refractivity contribution >= 4 is 35.3 Å². The average molecular weight is 244 g/mol. The van der Waals surface area contributed by atoms with Gasteiger partial charge in [-0.1, -0.05) is 20.8 Å². The molecule has 0 atom stereocenters. The Bertz CT molecular complexity index is 82.3. The Kier molecular flexibility index (Phi) is 18.9. The summed E-state index contributed by atoms with van der Waals surface area (Å²) in [6.45, 7) is 6.75. The molecule has 0 bridgehead atoms. The second-order valence-electron chi connectivity index (χ2n) is 2.80. The van der Waals surface area contributed by atoms with Gasteiger partial charge in [0.05, 0.1) is 0 Å². The van der Waals surface area contributed by atoms with E-state index in [4.69, 9.17) is 0 Å². The Hall–Kier alpha value is 1.65. The van der Waals surface area contributed by atoms with Gasteiger partial charge in [0.1, 0.15) is 0 Å². The first-order valence-electron chi connectivity index (χ1n) is 5.10. The quantitative estimate of drug-likeness (QED) is 0.449. The zero-order chi connectivity index (χ0) is 9.94. The van der Waals surface area contributed by atoms with E-state index in [9.17, 15) is 0 Å². The van der Waals surface area contributed by atoms with Crippen LogP contribution in [0.15, 0.2) is 0 Å². The third-order valence-corrected chi connectivity index (χ3v) is 5.94. The molecule has 0 spiro atoms. The van der Waals surface area contributed by atoms with E-state index in [1.165, 1.54) is 36.5 Å². The molecule has 4 heteroatoms. The molecule has 0 saturated heterocycles. The Morgan fingerprint density at radius 3 is 1.21 bits per heavy atom. The van der Waals surface area contributed by atoms with Crippen LogP contribution in [0.4, 0.5) is 0 Å². The van der Waals surface area contributed by atoms with Crippen molar-refractivity contribution in [1.82, 2.24) is 0 Å². The average Bonchev–Trinajstić information content (AvgIpc) is 2.17. The monoisotopic (exact) mass is 244 g/mol. The van der Waals surface area contributed by atoms with Gasteiger partial charge in [-0.05, 0) is 36.5 Å². The fraction of sp³-hybridized carbons (Fsp3) is 0.900. The van der Waals surface area contributed by atoms with Crippen LogP contribution >= 0.6 is 35.3 Å². The van der Waals surface area contributed by atoms with Gasteiger partial charge in [-0.2, -0.15) is 3.91 Å². The van der Waals surface area contributed by atoms with Gasteiger partial charge < -0.3 is 35.3 Å². The van der Waals surface area contributed by atoms with Crippen molar-refractivity contribution in [2.75, 3.05) is 17.3 Å². The van der Waals surface area contributed by atoms with Crippen LogP contribution in [0.3, 0.4) is 0 Å². The predicted octanol–water partition coefficient (Wildman–Crippen LogP) is 1.87. The van der Waals surface area contributed by atoms with Gasteiger partial charge in [0.25, 0.3) is 0 Å². The van der Waals surface area contributed by atoms with E-state index >= 15 is 0 Å². The van der Waals surface area contributed by atoms with Crippen LogP contribution in [0, 0.1) is 3.91 Å². The molecule has 0 heterocycles. The van der Waals surface area contributed by atoms with Crippen LogP contribution in [-0.2, 0) is 0 Å². The molecule has 0 rings (SSSR count). The van der Waals surface area contributed by atoms with Crippen molar-refractivity contribution in [3.8, 4) is 0 Å². The first-order chi connectivity index (χ1) is 6.35. The van der Waals surface area contributed by atoms with Crippen LogP contribution in [0.2, 0.25) is 0 Å². The summed E-state index contributed by atoms with van der Waals surface area (Å²) in [7, 11) is 0. The zero-order valence-corrected chi connectivity index (χ0v) is 12.4. The van der Waals surface area contributed by atoms with Crippen molar-refractivity contribution in [3.05, 3.63) is 3.91 Å². The molecular weight excluding hydrogens is 223 g/mol. The first kappa shape index (κ1) is 18.0. The summed E-state index contributed by atoms with van der Waals surface area (Å²) < 4.78 is 1.59. The fourth-order valence-electron chi connectivity index (χ4n) is 0.681. The first-order valence-corrected chi connectivity index (χ1v) is 8.06. The minimum atomic E-state index is 0. The Labute approximate surface area is 115 Å². The minimum absolute atomic E-state index is 0. The third-order valence-electron chi connectivity index (χ3n) is 1.27. The SMILES string of the molecule is CCCS[C-](SCCC)SCCC.[Li+]. The second-order valence-corrected chi connectivity index (χ2v) is 6.89. The van der Waals surface area contributed by atoms with Crippen LogP contribution in [-0.4, -0.2) is 17.3 Å². The van der Waals surface area contributed by atoms with Crippen LogP contribution < -0.4 is 18.9 Å². The van der Waals surface area contributed by atoms with E-state index in [0.717, 1.165) is 0 Å². The van der Waals surface area contributed by atoms with E-state index in [-0.39, 0.29) is 18.9 Å². The summed E-state index contributed by atoms with van der Waals surface area (Å²) in [4.78, 5) is 0. The zero-order valence-electron chi connectivity index (χ0n) is 9.97. The van der Waals surface area contributed by atoms with Gasteiger partial charge >= 0.3 is 18.9 Å². The molecule has 0 saturated carbocycles. The van der Waals surface area contributed by atoms with E-state index in [2.05, 4.69) is 20.8 Å². The molecule has 0 unspecified atom stereocenters. The molecule has 0 aromatic carbocycles. The second kappa shape index (κ2) is 14.6. The maximum Gasteiger partial charge on any atom is 1.00 e. The Balaban J connectivity index is 0. The van der Waals surface area contributed by atoms with Crippen LogP contribution in [0.5, 0.6) is 0 Å². The fourth-order valence-corrected chi connectivity index (χ4v) is 4.29. The van der Waals surface area contributed by atoms with E-state index < -0.39 is 0 Å². The number of thioether (sulfide) groups is 3. The van der Waals surface area contributed by atoms with Gasteiger partial charge in [-0.3, -0.25) is 0 Å². The molecule has 0 aliphatic heterocycles. The molecule has 0 radical (unpaired) electrons. The van der Waals surface area contributed by atoms with E-state index in [1.807, 2.05) is 35.3 Å². The Morgan fingerprint density at radius 1 is 0.714 bits per heavy atom. The van der Waals surface area contributed by atoms with Crippen molar-refractivity contribution in [2.24, 2.45) is 0 Å². The maximum absolute atomic E-state index is 2.25. The topological polar surface area (TPSA) is 0 Å². The molecule has 0 fully saturated rings. The van der Waals surface area contributed by atoms with Crippen molar-refractivity contribution in [3.63, 3.8) is 0 Å². The summed E-state index contributed by atoms with van der Waals surface area (Å²) in [5.41, 5.74) is 0. The summed E-state index contributed by atoms with van der Waals surface area (Å²) >= 11 is 6.13. The molecule has 0 aromatic rings. The molecule has 80 valence electrons. The van der Waals surface area contributed by atoms with Gasteiger partial charge in [0.2, 0.25) is 0 Å². The summed E-state index contributed by atoms with van der Waals surface area (Å²) in [6.07, 6.45) is 3.86. The van der Waals surface area contributed by atoms with Gasteiger partial charge in [-0.25, -0.2) is 0 Å². The molecular formula is C10H21LiS3. The summed E-state index contributed by atoms with van der Waals surface area (Å²) in [5, 5.41) is 0. The standard InChI is InChI=1S/C10H21S3.Li/c1-4-7-11-10(12-8-5-2)13-9-6-3;/h4-9H2,1-3H3;/q-1;+1. The van der Waals surface area contributed by atoms with Gasteiger partial charge in [0, 0.05) is 0 Å². The maximum atomic E-state index is 2.25. The molecule has 0 N–H and O–H groups in total. The van der Waals surface area contributed by atoms with Crippen LogP contribution in [0.25, 0.3) is 0 Å². The van der Waals surface area contributed by atoms with Crippen molar-refractivity contribution in [2.45, 2.75) is 40.0 Å². The Morgan fingerprint density at radius 2 is 1.00 bits per heavy atom. The van der Waals surface area contributed by atoms with Gasteiger partial charge in [-0.15, -0.1) is 0 Å². The predicted molar refractivity (Wildman–Crippen MR) is 71.5 cm³/mol. The third kappa shape index (κ3) is 11.7. The minimum Gasteiger partial charge on any atom is -0.327 e. The van der Waals surface area contributed by atoms with Gasteiger partial charge in [0.15, 0.2) is 0 Å². The van der Waals surface area contributed by atoms with E-state index in [1.54, 1.807) is 3.91 Å². The number of hydrogen-bond acceptors (Lipinski definition) is 3. The number of rotatable bonds is 9. The van der Waals surface area contributed by atoms with E-state index in [0.29, 0.717) is 0 Å². The molecule has 0 aliphatic rings. The molecule has 0 aliphatic carbocycles. The summed E-state index contributed by atoms with van der Waals surface area (Å²) in [6, 6.07) is 0. The van der Waals surface area contributed by atoms with Crippen molar-refractivity contribution in [1.29, 1.82) is 0 Å². The summed E-state index contributed by atoms with van der Waals surface area (Å²) in [5.74, 6) is 3.84. The molecule has 0 amide bonds. The largest absolute Gasteiger partial charge is 1.00 e. The number of hydrogen-bond donors (Lipinski definition) is 0. The molecule has 0 aromatic heterocycles. The van der Waals surface area contributed by atoms with Crippen LogP contribution in [0.1, 0.15) is 40.0 Å². The van der Waals surface area contributed by atoms with Crippen molar-refractivity contribution < 1.29 is 18.9 Å². The smallest absolute Gasteiger partial charge is 0.327 e. The normalized spacial score (nSPS) is 10.3.